The van der Waals surface area contributed by atoms with Crippen molar-refractivity contribution in [2.75, 3.05) is 6.61 Å². The van der Waals surface area contributed by atoms with Crippen LogP contribution in [0, 0.1) is 0 Å². The molecule has 0 atom stereocenters. The summed E-state index contributed by atoms with van der Waals surface area (Å²) in [5.74, 6) is -0.335. The van der Waals surface area contributed by atoms with E-state index in [-0.39, 0.29) is 17.1 Å². The van der Waals surface area contributed by atoms with Crippen molar-refractivity contribution >= 4 is 38.2 Å². The normalized spacial score (nSPS) is 11.8. The van der Waals surface area contributed by atoms with E-state index in [2.05, 4.69) is 0 Å². The lowest BCUT2D eigenvalue weighted by Gasteiger charge is -2.07. The zero-order valence-corrected chi connectivity index (χ0v) is 17.7. The van der Waals surface area contributed by atoms with Crippen LogP contribution in [0.15, 0.2) is 63.7 Å². The smallest absolute Gasteiger partial charge is 0.303 e. The maximum Gasteiger partial charge on any atom is 0.303 e. The van der Waals surface area contributed by atoms with Crippen molar-refractivity contribution < 1.29 is 27.5 Å². The number of aryl methyl sites for hydroxylation is 1. The first-order valence-electron chi connectivity index (χ1n) is 9.26. The van der Waals surface area contributed by atoms with Gasteiger partial charge in [-0.1, -0.05) is 0 Å². The van der Waals surface area contributed by atoms with Crippen LogP contribution in [0.5, 0.6) is 5.75 Å². The first-order valence-corrected chi connectivity index (χ1v) is 11.5. The average Bonchev–Trinajstić information content (AvgIpc) is 3.45. The largest absolute Gasteiger partial charge is 0.494 e. The number of hydrogen-bond acceptors (Lipinski definition) is 6. The van der Waals surface area contributed by atoms with Gasteiger partial charge in [-0.05, 0) is 55.3 Å². The molecule has 0 aliphatic rings. The second kappa shape index (κ2) is 8.00. The summed E-state index contributed by atoms with van der Waals surface area (Å²) in [4.78, 5) is 11.8. The lowest BCUT2D eigenvalue weighted by Crippen LogP contribution is -2.10. The Morgan fingerprint density at radius 1 is 1.23 bits per heavy atom. The molecule has 9 heteroatoms. The molecule has 7 nitrogen and oxygen atoms in total. The van der Waals surface area contributed by atoms with Gasteiger partial charge in [0.2, 0.25) is 0 Å². The summed E-state index contributed by atoms with van der Waals surface area (Å²) in [6.45, 7) is 2.33. The zero-order valence-electron chi connectivity index (χ0n) is 16.1. The van der Waals surface area contributed by atoms with E-state index in [1.165, 1.54) is 16.4 Å². The van der Waals surface area contributed by atoms with Gasteiger partial charge in [-0.25, -0.2) is 3.97 Å². The van der Waals surface area contributed by atoms with Crippen LogP contribution in [0.2, 0.25) is 0 Å². The van der Waals surface area contributed by atoms with Crippen LogP contribution in [-0.2, 0) is 21.2 Å². The molecule has 0 saturated heterocycles. The van der Waals surface area contributed by atoms with Crippen LogP contribution in [0.25, 0.3) is 21.3 Å². The van der Waals surface area contributed by atoms with Crippen LogP contribution < -0.4 is 4.74 Å². The fourth-order valence-electron chi connectivity index (χ4n) is 3.26. The van der Waals surface area contributed by atoms with E-state index in [0.29, 0.717) is 28.8 Å². The Morgan fingerprint density at radius 2 is 2.07 bits per heavy atom. The number of rotatable bonds is 8. The van der Waals surface area contributed by atoms with Gasteiger partial charge in [0.05, 0.1) is 24.6 Å². The van der Waals surface area contributed by atoms with Crippen LogP contribution in [0.1, 0.15) is 18.9 Å². The number of ether oxygens (including phenoxy) is 1. The number of fused-ring (bicyclic) bond motifs is 1. The number of furan rings is 1. The van der Waals surface area contributed by atoms with Crippen molar-refractivity contribution in [1.29, 1.82) is 0 Å². The van der Waals surface area contributed by atoms with Gasteiger partial charge in [0, 0.05) is 28.4 Å². The molecule has 156 valence electrons. The fourth-order valence-corrected chi connectivity index (χ4v) is 6.03. The molecular formula is C21H19NO6S2. The second-order valence-electron chi connectivity index (χ2n) is 6.59. The number of carboxylic acid groups (broad SMARTS) is 1. The van der Waals surface area contributed by atoms with Crippen LogP contribution in [0.4, 0.5) is 0 Å². The van der Waals surface area contributed by atoms with E-state index in [1.807, 2.05) is 6.92 Å². The van der Waals surface area contributed by atoms with E-state index in [4.69, 9.17) is 14.3 Å². The summed E-state index contributed by atoms with van der Waals surface area (Å²) in [6, 6.07) is 10.2. The highest BCUT2D eigenvalue weighted by Gasteiger charge is 2.24. The molecule has 1 N–H and O–H groups in total. The highest BCUT2D eigenvalue weighted by molar-refractivity contribution is 7.92. The molecule has 0 unspecified atom stereocenters. The fraction of sp³-hybridized carbons (Fsp3) is 0.190. The minimum atomic E-state index is -3.86. The Hall–Kier alpha value is -3.04. The van der Waals surface area contributed by atoms with E-state index < -0.39 is 16.0 Å². The molecule has 0 spiro atoms. The van der Waals surface area contributed by atoms with E-state index in [9.17, 15) is 13.2 Å². The van der Waals surface area contributed by atoms with Crippen molar-refractivity contribution in [2.24, 2.45) is 0 Å². The van der Waals surface area contributed by atoms with Crippen molar-refractivity contribution in [1.82, 2.24) is 3.97 Å². The predicted octanol–water partition coefficient (Wildman–Crippen LogP) is 4.62. The molecule has 0 saturated carbocycles. The Labute approximate surface area is 177 Å². The Morgan fingerprint density at radius 3 is 2.77 bits per heavy atom. The Kier molecular flexibility index (Phi) is 5.40. The molecule has 1 aromatic carbocycles. The molecule has 0 fully saturated rings. The third-order valence-corrected chi connectivity index (χ3v) is 7.92. The third kappa shape index (κ3) is 3.73. The molecule has 0 aliphatic heterocycles. The molecule has 0 aliphatic carbocycles. The number of thiophene rings is 1. The number of aromatic nitrogens is 1. The van der Waals surface area contributed by atoms with E-state index in [0.717, 1.165) is 21.8 Å². The molecule has 4 rings (SSSR count). The molecule has 0 radical (unpaired) electrons. The van der Waals surface area contributed by atoms with E-state index in [1.54, 1.807) is 42.7 Å². The number of nitrogens with zero attached hydrogens (tertiary/aromatic N) is 1. The molecular weight excluding hydrogens is 426 g/mol. The molecule has 4 aromatic rings. The summed E-state index contributed by atoms with van der Waals surface area (Å²) in [6.07, 6.45) is 4.73. The SMILES string of the molecule is CCOc1ccc2c(c1)c(CCC(=O)O)cn2S(=O)(=O)c1ccc(-c2ccoc2)s1. The summed E-state index contributed by atoms with van der Waals surface area (Å²) < 4.78 is 38.8. The quantitative estimate of drug-likeness (QED) is 0.425. The van der Waals surface area contributed by atoms with Crippen LogP contribution in [-0.4, -0.2) is 30.1 Å². The first kappa shape index (κ1) is 20.2. The van der Waals surface area contributed by atoms with Crippen molar-refractivity contribution in [2.45, 2.75) is 24.0 Å². The highest BCUT2D eigenvalue weighted by Crippen LogP contribution is 2.35. The number of carbonyl (C=O) groups is 1. The Bertz CT molecular complexity index is 1300. The number of aliphatic carboxylic acids is 1. The average molecular weight is 446 g/mol. The summed E-state index contributed by atoms with van der Waals surface area (Å²) in [7, 11) is -3.86. The monoisotopic (exact) mass is 445 g/mol. The summed E-state index contributed by atoms with van der Waals surface area (Å²) >= 11 is 1.15. The zero-order chi connectivity index (χ0) is 21.3. The predicted molar refractivity (Wildman–Crippen MR) is 114 cm³/mol. The third-order valence-electron chi connectivity index (χ3n) is 4.64. The van der Waals surface area contributed by atoms with Gasteiger partial charge in [-0.2, -0.15) is 8.42 Å². The first-order chi connectivity index (χ1) is 14.4. The number of hydrogen-bond donors (Lipinski definition) is 1. The minimum absolute atomic E-state index is 0.0956. The summed E-state index contributed by atoms with van der Waals surface area (Å²) in [5, 5.41) is 9.73. The van der Waals surface area contributed by atoms with Gasteiger partial charge in [-0.3, -0.25) is 4.79 Å². The second-order valence-corrected chi connectivity index (χ2v) is 9.72. The molecule has 3 aromatic heterocycles. The van der Waals surface area contributed by atoms with Crippen LogP contribution >= 0.6 is 11.3 Å². The number of benzene rings is 1. The maximum absolute atomic E-state index is 13.4. The van der Waals surface area contributed by atoms with Gasteiger partial charge in [0.25, 0.3) is 10.0 Å². The van der Waals surface area contributed by atoms with Gasteiger partial charge >= 0.3 is 5.97 Å². The molecule has 0 bridgehead atoms. The standard InChI is InChI=1S/C21H19NO6S2/c1-2-28-16-4-5-18-17(11-16)14(3-7-20(23)24)12-22(18)30(25,26)21-8-6-19(29-21)15-9-10-27-13-15/h4-6,8-13H,2-3,7H2,1H3,(H,23,24). The number of carboxylic acids is 1. The minimum Gasteiger partial charge on any atom is -0.494 e. The van der Waals surface area contributed by atoms with E-state index >= 15 is 0 Å². The lowest BCUT2D eigenvalue weighted by atomic mass is 10.1. The van der Waals surface area contributed by atoms with Crippen molar-refractivity contribution in [3.8, 4) is 16.2 Å². The van der Waals surface area contributed by atoms with Gasteiger partial charge in [0.1, 0.15) is 9.96 Å². The summed E-state index contributed by atoms with van der Waals surface area (Å²) in [5.41, 5.74) is 1.93. The molecule has 0 amide bonds. The van der Waals surface area contributed by atoms with Gasteiger partial charge in [0.15, 0.2) is 0 Å². The topological polar surface area (TPSA) is 98.7 Å². The van der Waals surface area contributed by atoms with Crippen molar-refractivity contribution in [3.63, 3.8) is 0 Å². The highest BCUT2D eigenvalue weighted by atomic mass is 32.2. The van der Waals surface area contributed by atoms with Crippen molar-refractivity contribution in [3.05, 3.63) is 60.7 Å². The van der Waals surface area contributed by atoms with Gasteiger partial charge < -0.3 is 14.3 Å². The molecule has 30 heavy (non-hydrogen) atoms. The Balaban J connectivity index is 1.81. The molecule has 3 heterocycles. The van der Waals surface area contributed by atoms with Gasteiger partial charge in [-0.15, -0.1) is 11.3 Å². The lowest BCUT2D eigenvalue weighted by molar-refractivity contribution is -0.136. The maximum atomic E-state index is 13.4. The van der Waals surface area contributed by atoms with Crippen LogP contribution in [0.3, 0.4) is 0 Å².